The van der Waals surface area contributed by atoms with Gasteiger partial charge in [-0.3, -0.25) is 14.5 Å². The molecule has 1 rings (SSSR count). The molecule has 0 aromatic heterocycles. The van der Waals surface area contributed by atoms with Gasteiger partial charge in [0.1, 0.15) is 0 Å². The molecule has 1 amide bonds. The van der Waals surface area contributed by atoms with Gasteiger partial charge >= 0.3 is 0 Å². The summed E-state index contributed by atoms with van der Waals surface area (Å²) in [7, 11) is 0. The Bertz CT molecular complexity index is 300. The van der Waals surface area contributed by atoms with E-state index in [4.69, 9.17) is 15.8 Å². The fourth-order valence-electron chi connectivity index (χ4n) is 1.89. The van der Waals surface area contributed by atoms with Crippen LogP contribution in [0.25, 0.3) is 0 Å². The lowest BCUT2D eigenvalue weighted by Crippen LogP contribution is -2.52. The number of piperidine rings is 1. The number of hydrogen-bond donors (Lipinski definition) is 2. The van der Waals surface area contributed by atoms with Crippen LogP contribution in [-0.4, -0.2) is 42.1 Å². The molecule has 6 heteroatoms. The second-order valence-corrected chi connectivity index (χ2v) is 4.60. The third-order valence-corrected chi connectivity index (χ3v) is 2.66. The number of hydroxylamine groups is 1. The first-order valence-electron chi connectivity index (χ1n) is 5.86. The monoisotopic (exact) mass is 240 g/mol. The van der Waals surface area contributed by atoms with E-state index in [1.54, 1.807) is 4.90 Å². The summed E-state index contributed by atoms with van der Waals surface area (Å²) in [4.78, 5) is 18.0. The maximum atomic E-state index is 10.9. The standard InChI is InChI=1S/C11H20N4O2/c1-8(2)17-14-9-3-4-10(5-12)15(6-9)7-11(13)16/h8-10,14H,3-4,6-7H2,1-2H3,(H2,13,16)/t9-,10+/m1/s1. The number of rotatable bonds is 5. The van der Waals surface area contributed by atoms with Gasteiger partial charge < -0.3 is 5.73 Å². The van der Waals surface area contributed by atoms with Gasteiger partial charge in [0.15, 0.2) is 0 Å². The van der Waals surface area contributed by atoms with Crippen molar-refractivity contribution in [3.8, 4) is 6.07 Å². The topological polar surface area (TPSA) is 91.4 Å². The van der Waals surface area contributed by atoms with Crippen LogP contribution in [0.3, 0.4) is 0 Å². The van der Waals surface area contributed by atoms with Gasteiger partial charge in [-0.15, -0.1) is 0 Å². The summed E-state index contributed by atoms with van der Waals surface area (Å²) >= 11 is 0. The average molecular weight is 240 g/mol. The Morgan fingerprint density at radius 3 is 2.88 bits per heavy atom. The highest BCUT2D eigenvalue weighted by molar-refractivity contribution is 5.76. The van der Waals surface area contributed by atoms with Gasteiger partial charge in [0.05, 0.1) is 24.8 Å². The second kappa shape index (κ2) is 6.55. The number of primary amides is 1. The summed E-state index contributed by atoms with van der Waals surface area (Å²) in [6.45, 7) is 4.61. The summed E-state index contributed by atoms with van der Waals surface area (Å²) in [5, 5.41) is 8.98. The van der Waals surface area contributed by atoms with E-state index in [0.29, 0.717) is 6.54 Å². The fraction of sp³-hybridized carbons (Fsp3) is 0.818. The molecular weight excluding hydrogens is 220 g/mol. The van der Waals surface area contributed by atoms with Crippen LogP contribution in [0, 0.1) is 11.3 Å². The van der Waals surface area contributed by atoms with Crippen molar-refractivity contribution < 1.29 is 9.63 Å². The first-order valence-corrected chi connectivity index (χ1v) is 5.86. The lowest BCUT2D eigenvalue weighted by Gasteiger charge is -2.35. The highest BCUT2D eigenvalue weighted by Crippen LogP contribution is 2.16. The normalized spacial score (nSPS) is 25.8. The van der Waals surface area contributed by atoms with E-state index in [-0.39, 0.29) is 24.7 Å². The third-order valence-electron chi connectivity index (χ3n) is 2.66. The van der Waals surface area contributed by atoms with Crippen molar-refractivity contribution >= 4 is 5.91 Å². The van der Waals surface area contributed by atoms with E-state index >= 15 is 0 Å². The van der Waals surface area contributed by atoms with Crippen LogP contribution >= 0.6 is 0 Å². The SMILES string of the molecule is CC(C)ON[C@@H]1CC[C@@H](C#N)N(CC(N)=O)C1. The number of hydrogen-bond acceptors (Lipinski definition) is 5. The third kappa shape index (κ3) is 4.69. The Kier molecular flexibility index (Phi) is 5.35. The molecule has 1 fully saturated rings. The Hall–Kier alpha value is -1.16. The minimum Gasteiger partial charge on any atom is -0.369 e. The maximum absolute atomic E-state index is 10.9. The minimum absolute atomic E-state index is 0.105. The molecule has 0 bridgehead atoms. The van der Waals surface area contributed by atoms with Gasteiger partial charge in [-0.05, 0) is 26.7 Å². The Labute approximate surface area is 102 Å². The lowest BCUT2D eigenvalue weighted by molar-refractivity contribution is -0.120. The number of carbonyl (C=O) groups excluding carboxylic acids is 1. The average Bonchev–Trinajstić information content (AvgIpc) is 2.25. The number of nitrogens with zero attached hydrogens (tertiary/aromatic N) is 2. The number of likely N-dealkylation sites (tertiary alicyclic amines) is 1. The number of amides is 1. The van der Waals surface area contributed by atoms with Gasteiger partial charge in [0.25, 0.3) is 0 Å². The fourth-order valence-corrected chi connectivity index (χ4v) is 1.89. The first-order chi connectivity index (χ1) is 8.02. The predicted octanol–water partition coefficient (Wildman–Crippen LogP) is -0.242. The predicted molar refractivity (Wildman–Crippen MR) is 62.5 cm³/mol. The van der Waals surface area contributed by atoms with E-state index < -0.39 is 5.91 Å². The van der Waals surface area contributed by atoms with Crippen molar-refractivity contribution in [1.82, 2.24) is 10.4 Å². The number of nitriles is 1. The largest absolute Gasteiger partial charge is 0.369 e. The molecule has 0 saturated carbocycles. The summed E-state index contributed by atoms with van der Waals surface area (Å²) < 4.78 is 0. The zero-order chi connectivity index (χ0) is 12.8. The Morgan fingerprint density at radius 2 is 2.35 bits per heavy atom. The van der Waals surface area contributed by atoms with Crippen molar-refractivity contribution in [3.63, 3.8) is 0 Å². The number of carbonyl (C=O) groups is 1. The van der Waals surface area contributed by atoms with E-state index in [1.807, 2.05) is 13.8 Å². The van der Waals surface area contributed by atoms with Gasteiger partial charge in [-0.25, -0.2) is 0 Å². The van der Waals surface area contributed by atoms with Crippen LogP contribution in [0.2, 0.25) is 0 Å². The van der Waals surface area contributed by atoms with Crippen molar-refractivity contribution in [2.45, 2.75) is 44.9 Å². The van der Waals surface area contributed by atoms with Crippen molar-refractivity contribution in [3.05, 3.63) is 0 Å². The number of nitrogens with two attached hydrogens (primary N) is 1. The molecule has 96 valence electrons. The van der Waals surface area contributed by atoms with Gasteiger partial charge in [-0.1, -0.05) is 0 Å². The van der Waals surface area contributed by atoms with Gasteiger partial charge in [-0.2, -0.15) is 10.7 Å². The van der Waals surface area contributed by atoms with Crippen molar-refractivity contribution in [2.24, 2.45) is 5.73 Å². The molecule has 0 radical (unpaired) electrons. The second-order valence-electron chi connectivity index (χ2n) is 4.60. The van der Waals surface area contributed by atoms with Gasteiger partial charge in [0.2, 0.25) is 5.91 Å². The van der Waals surface area contributed by atoms with E-state index in [0.717, 1.165) is 12.8 Å². The first kappa shape index (κ1) is 13.9. The van der Waals surface area contributed by atoms with Crippen LogP contribution in [-0.2, 0) is 9.63 Å². The molecule has 0 spiro atoms. The van der Waals surface area contributed by atoms with Crippen LogP contribution in [0.4, 0.5) is 0 Å². The van der Waals surface area contributed by atoms with Crippen molar-refractivity contribution in [2.75, 3.05) is 13.1 Å². The van der Waals surface area contributed by atoms with E-state index in [2.05, 4.69) is 11.5 Å². The molecule has 1 aliphatic heterocycles. The highest BCUT2D eigenvalue weighted by Gasteiger charge is 2.29. The summed E-state index contributed by atoms with van der Waals surface area (Å²) in [6, 6.07) is 2.11. The van der Waals surface area contributed by atoms with E-state index in [9.17, 15) is 4.79 Å². The van der Waals surface area contributed by atoms with Crippen molar-refractivity contribution in [1.29, 1.82) is 5.26 Å². The number of nitrogens with one attached hydrogen (secondary N) is 1. The minimum atomic E-state index is -0.407. The molecular formula is C11H20N4O2. The molecule has 0 aromatic carbocycles. The quantitative estimate of drug-likeness (QED) is 0.647. The van der Waals surface area contributed by atoms with Gasteiger partial charge in [0, 0.05) is 12.6 Å². The van der Waals surface area contributed by atoms with Crippen LogP contribution in [0.5, 0.6) is 0 Å². The molecule has 3 N–H and O–H groups in total. The van der Waals surface area contributed by atoms with E-state index in [1.165, 1.54) is 0 Å². The Balaban J connectivity index is 2.48. The summed E-state index contributed by atoms with van der Waals surface area (Å²) in [5.41, 5.74) is 8.13. The Morgan fingerprint density at radius 1 is 1.65 bits per heavy atom. The van der Waals surface area contributed by atoms with Crippen LogP contribution in [0.1, 0.15) is 26.7 Å². The molecule has 1 saturated heterocycles. The molecule has 2 atom stereocenters. The lowest BCUT2D eigenvalue weighted by atomic mass is 9.99. The summed E-state index contributed by atoms with van der Waals surface area (Å²) in [5.74, 6) is -0.407. The maximum Gasteiger partial charge on any atom is 0.231 e. The molecule has 1 heterocycles. The summed E-state index contributed by atoms with van der Waals surface area (Å²) in [6.07, 6.45) is 1.69. The zero-order valence-electron chi connectivity index (χ0n) is 10.3. The van der Waals surface area contributed by atoms with Crippen LogP contribution < -0.4 is 11.2 Å². The van der Waals surface area contributed by atoms with Crippen LogP contribution in [0.15, 0.2) is 0 Å². The molecule has 1 aliphatic rings. The molecule has 17 heavy (non-hydrogen) atoms. The molecule has 0 unspecified atom stereocenters. The highest BCUT2D eigenvalue weighted by atomic mass is 16.7. The molecule has 0 aliphatic carbocycles. The molecule has 6 nitrogen and oxygen atoms in total. The molecule has 0 aromatic rings. The zero-order valence-corrected chi connectivity index (χ0v) is 10.3. The smallest absolute Gasteiger partial charge is 0.231 e.